The molecule has 3 aromatic rings. The zero-order valence-electron chi connectivity index (χ0n) is 14.9. The summed E-state index contributed by atoms with van der Waals surface area (Å²) in [5.41, 5.74) is 4.19. The topological polar surface area (TPSA) is 16.6 Å². The van der Waals surface area contributed by atoms with Crippen molar-refractivity contribution in [2.24, 2.45) is 0 Å². The molecule has 1 aliphatic heterocycles. The molecule has 26 heavy (non-hydrogen) atoms. The van der Waals surface area contributed by atoms with Crippen molar-refractivity contribution in [1.82, 2.24) is 0 Å². The maximum Gasteiger partial charge on any atom is 0.117 e. The second kappa shape index (κ2) is 7.87. The van der Waals surface area contributed by atoms with Gasteiger partial charge in [-0.05, 0) is 42.3 Å². The third kappa shape index (κ3) is 3.98. The number of hydrogen-bond acceptors (Lipinski definition) is 1. The van der Waals surface area contributed by atoms with Crippen molar-refractivity contribution in [3.8, 4) is 0 Å². The van der Waals surface area contributed by atoms with Crippen molar-refractivity contribution >= 4 is 23.4 Å². The number of fused-ring (bicyclic) bond motifs is 2. The van der Waals surface area contributed by atoms with Crippen molar-refractivity contribution in [1.29, 1.82) is 0 Å². The van der Waals surface area contributed by atoms with Crippen LogP contribution in [0.5, 0.6) is 0 Å². The van der Waals surface area contributed by atoms with Gasteiger partial charge >= 0.3 is 0 Å². The molecule has 2 N–H and O–H groups in total. The van der Waals surface area contributed by atoms with Gasteiger partial charge < -0.3 is 5.32 Å². The molecule has 0 saturated heterocycles. The molecule has 0 bridgehead atoms. The number of benzene rings is 3. The van der Waals surface area contributed by atoms with Crippen LogP contribution in [-0.2, 0) is 12.8 Å². The van der Waals surface area contributed by atoms with E-state index in [1.165, 1.54) is 26.5 Å². The van der Waals surface area contributed by atoms with E-state index in [1.54, 1.807) is 0 Å². The largest absolute Gasteiger partial charge is 0.337 e. The van der Waals surface area contributed by atoms with E-state index in [1.807, 2.05) is 17.8 Å². The van der Waals surface area contributed by atoms with Crippen LogP contribution in [0.15, 0.2) is 82.6 Å². The average molecular weight is 381 g/mol. The first-order chi connectivity index (χ1) is 12.7. The molecule has 1 nitrogen and oxygen atoms in total. The Morgan fingerprint density at radius 3 is 2.62 bits per heavy atom. The van der Waals surface area contributed by atoms with E-state index < -0.39 is 0 Å². The van der Waals surface area contributed by atoms with Crippen LogP contribution in [0.3, 0.4) is 0 Å². The Morgan fingerprint density at radius 2 is 1.77 bits per heavy atom. The van der Waals surface area contributed by atoms with Gasteiger partial charge in [-0.15, -0.1) is 0 Å². The molecular weight excluding hydrogens is 358 g/mol. The Kier molecular flexibility index (Phi) is 5.35. The summed E-state index contributed by atoms with van der Waals surface area (Å²) in [6, 6.07) is 26.8. The molecular formula is C23H23ClNS+. The van der Waals surface area contributed by atoms with E-state index in [-0.39, 0.29) is 0 Å². The Hall–Kier alpha value is -1.74. The van der Waals surface area contributed by atoms with Crippen molar-refractivity contribution < 1.29 is 5.32 Å². The molecule has 3 heteroatoms. The third-order valence-corrected chi connectivity index (χ3v) is 6.41. The minimum Gasteiger partial charge on any atom is -0.337 e. The summed E-state index contributed by atoms with van der Waals surface area (Å²) in [5.74, 6) is 0. The maximum absolute atomic E-state index is 6.28. The number of hydrogen-bond donors (Lipinski definition) is 1. The number of halogens is 1. The molecule has 3 aromatic carbocycles. The van der Waals surface area contributed by atoms with Crippen LogP contribution in [0.4, 0.5) is 0 Å². The van der Waals surface area contributed by atoms with Gasteiger partial charge in [0.05, 0.1) is 6.04 Å². The lowest BCUT2D eigenvalue weighted by atomic mass is 9.97. The molecule has 1 aliphatic rings. The van der Waals surface area contributed by atoms with E-state index in [0.29, 0.717) is 12.1 Å². The highest BCUT2D eigenvalue weighted by molar-refractivity contribution is 7.99. The Bertz CT molecular complexity index is 894. The molecule has 0 aromatic heterocycles. The first-order valence-electron chi connectivity index (χ1n) is 9.13. The van der Waals surface area contributed by atoms with Crippen LogP contribution < -0.4 is 5.32 Å². The Labute approximate surface area is 164 Å². The molecule has 0 fully saturated rings. The molecule has 0 aliphatic carbocycles. The lowest BCUT2D eigenvalue weighted by Gasteiger charge is -2.21. The number of rotatable bonds is 4. The van der Waals surface area contributed by atoms with Crippen LogP contribution in [0, 0.1) is 0 Å². The summed E-state index contributed by atoms with van der Waals surface area (Å²) in [6.07, 6.45) is 2.09. The number of nitrogens with two attached hydrogens (primary N) is 1. The van der Waals surface area contributed by atoms with Gasteiger partial charge in [0.25, 0.3) is 0 Å². The SMILES string of the molecule is C[C@H](Cc1ccccc1)[NH2+][C@@H]1Cc2cc(Cl)ccc2Sc2ccccc21. The summed E-state index contributed by atoms with van der Waals surface area (Å²) in [7, 11) is 0. The second-order valence-electron chi connectivity index (χ2n) is 7.06. The molecule has 4 rings (SSSR count). The first-order valence-corrected chi connectivity index (χ1v) is 10.3. The molecule has 0 saturated carbocycles. The normalized spacial score (nSPS) is 17.1. The fraction of sp³-hybridized carbons (Fsp3) is 0.217. The first kappa shape index (κ1) is 17.7. The Morgan fingerprint density at radius 1 is 1.00 bits per heavy atom. The predicted octanol–water partition coefficient (Wildman–Crippen LogP) is 5.28. The second-order valence-corrected chi connectivity index (χ2v) is 8.58. The molecule has 0 amide bonds. The highest BCUT2D eigenvalue weighted by Gasteiger charge is 2.26. The minimum absolute atomic E-state index is 0.414. The van der Waals surface area contributed by atoms with E-state index in [0.717, 1.165) is 17.9 Å². The van der Waals surface area contributed by atoms with Gasteiger partial charge in [-0.3, -0.25) is 0 Å². The zero-order chi connectivity index (χ0) is 17.9. The Balaban J connectivity index is 1.61. The molecule has 0 radical (unpaired) electrons. The molecule has 0 unspecified atom stereocenters. The lowest BCUT2D eigenvalue weighted by molar-refractivity contribution is -0.725. The quantitative estimate of drug-likeness (QED) is 0.651. The third-order valence-electron chi connectivity index (χ3n) is 4.96. The fourth-order valence-electron chi connectivity index (χ4n) is 3.77. The van der Waals surface area contributed by atoms with Crippen molar-refractivity contribution in [3.63, 3.8) is 0 Å². The monoisotopic (exact) mass is 380 g/mol. The van der Waals surface area contributed by atoms with Crippen LogP contribution in [0.2, 0.25) is 5.02 Å². The van der Waals surface area contributed by atoms with Gasteiger partial charge in [0.2, 0.25) is 0 Å². The lowest BCUT2D eigenvalue weighted by Crippen LogP contribution is -2.91. The smallest absolute Gasteiger partial charge is 0.117 e. The maximum atomic E-state index is 6.28. The van der Waals surface area contributed by atoms with Crippen molar-refractivity contribution in [2.75, 3.05) is 0 Å². The van der Waals surface area contributed by atoms with E-state index in [4.69, 9.17) is 11.6 Å². The van der Waals surface area contributed by atoms with Crippen molar-refractivity contribution in [2.45, 2.75) is 41.6 Å². The van der Waals surface area contributed by atoms with Gasteiger partial charge in [0.15, 0.2) is 0 Å². The zero-order valence-corrected chi connectivity index (χ0v) is 16.4. The van der Waals surface area contributed by atoms with Crippen LogP contribution in [-0.4, -0.2) is 6.04 Å². The van der Waals surface area contributed by atoms with E-state index >= 15 is 0 Å². The van der Waals surface area contributed by atoms with Crippen molar-refractivity contribution in [3.05, 3.63) is 94.5 Å². The van der Waals surface area contributed by atoms with Gasteiger partial charge in [0.1, 0.15) is 6.04 Å². The summed E-state index contributed by atoms with van der Waals surface area (Å²) >= 11 is 8.15. The standard InChI is InChI=1S/C23H22ClNS/c1-16(13-17-7-3-2-4-8-17)25-21-15-18-14-19(24)11-12-22(18)26-23-10-6-5-9-20(21)23/h2-12,14,16,21,25H,13,15H2,1H3/p+1/t16-,21-/m1/s1. The van der Waals surface area contributed by atoms with E-state index in [2.05, 4.69) is 79.0 Å². The average Bonchev–Trinajstić information content (AvgIpc) is 2.79. The van der Waals surface area contributed by atoms with Crippen LogP contribution in [0.25, 0.3) is 0 Å². The summed E-state index contributed by atoms with van der Waals surface area (Å²) in [4.78, 5) is 2.69. The van der Waals surface area contributed by atoms with E-state index in [9.17, 15) is 0 Å². The molecule has 1 heterocycles. The summed E-state index contributed by atoms with van der Waals surface area (Å²) in [6.45, 7) is 2.33. The van der Waals surface area contributed by atoms with Crippen LogP contribution >= 0.6 is 23.4 Å². The van der Waals surface area contributed by atoms with Gasteiger partial charge in [-0.25, -0.2) is 0 Å². The fourth-order valence-corrected chi connectivity index (χ4v) is 5.10. The van der Waals surface area contributed by atoms with Gasteiger partial charge in [-0.1, -0.05) is 71.9 Å². The molecule has 132 valence electrons. The highest BCUT2D eigenvalue weighted by Crippen LogP contribution is 2.40. The summed E-state index contributed by atoms with van der Waals surface area (Å²) < 4.78 is 0. The minimum atomic E-state index is 0.414. The number of quaternary nitrogens is 1. The predicted molar refractivity (Wildman–Crippen MR) is 110 cm³/mol. The molecule has 0 spiro atoms. The van der Waals surface area contributed by atoms with Gasteiger partial charge in [-0.2, -0.15) is 0 Å². The molecule has 2 atom stereocenters. The summed E-state index contributed by atoms with van der Waals surface area (Å²) in [5, 5.41) is 3.36. The van der Waals surface area contributed by atoms with Gasteiger partial charge in [0, 0.05) is 33.2 Å². The van der Waals surface area contributed by atoms with Crippen LogP contribution in [0.1, 0.15) is 29.7 Å². The highest BCUT2D eigenvalue weighted by atomic mass is 35.5.